The lowest BCUT2D eigenvalue weighted by Crippen LogP contribution is -2.48. The van der Waals surface area contributed by atoms with Gasteiger partial charge >= 0.3 is 12.3 Å². The molecule has 0 aromatic heterocycles. The van der Waals surface area contributed by atoms with Crippen LogP contribution in [-0.4, -0.2) is 36.2 Å². The van der Waals surface area contributed by atoms with Crippen molar-refractivity contribution in [1.82, 2.24) is 10.2 Å². The Bertz CT molecular complexity index is 568. The molecule has 0 aliphatic carbocycles. The van der Waals surface area contributed by atoms with Crippen LogP contribution in [0.15, 0.2) is 24.3 Å². The molecule has 22 heavy (non-hydrogen) atoms. The lowest BCUT2D eigenvalue weighted by molar-refractivity contribution is -0.138. The van der Waals surface area contributed by atoms with E-state index in [1.165, 1.54) is 17.0 Å². The van der Waals surface area contributed by atoms with Gasteiger partial charge in [0.1, 0.15) is 5.60 Å². The van der Waals surface area contributed by atoms with Crippen LogP contribution in [0.1, 0.15) is 24.0 Å². The van der Waals surface area contributed by atoms with E-state index in [0.29, 0.717) is 13.1 Å². The molecule has 2 aliphatic rings. The maximum atomic E-state index is 13.0. The molecule has 1 N–H and O–H groups in total. The molecule has 2 heterocycles. The van der Waals surface area contributed by atoms with Crippen LogP contribution < -0.4 is 5.32 Å². The molecule has 0 saturated carbocycles. The molecule has 4 nitrogen and oxygen atoms in total. The highest BCUT2D eigenvalue weighted by Crippen LogP contribution is 2.34. The van der Waals surface area contributed by atoms with E-state index in [-0.39, 0.29) is 12.1 Å². The number of halogens is 3. The smallest absolute Gasteiger partial charge is 0.416 e. The van der Waals surface area contributed by atoms with E-state index in [0.717, 1.165) is 25.5 Å². The molecule has 7 heteroatoms. The van der Waals surface area contributed by atoms with E-state index in [1.54, 1.807) is 6.07 Å². The Kier molecular flexibility index (Phi) is 3.76. The van der Waals surface area contributed by atoms with Crippen LogP contribution >= 0.6 is 0 Å². The SMILES string of the molecule is O=C1OC2(CCCNC2)CN1Cc1ccccc1C(F)(F)F. The Morgan fingerprint density at radius 1 is 1.32 bits per heavy atom. The summed E-state index contributed by atoms with van der Waals surface area (Å²) in [4.78, 5) is 13.4. The van der Waals surface area contributed by atoms with Gasteiger partial charge in [-0.3, -0.25) is 4.90 Å². The minimum absolute atomic E-state index is 0.0870. The number of hydrogen-bond donors (Lipinski definition) is 1. The zero-order valence-electron chi connectivity index (χ0n) is 11.9. The van der Waals surface area contributed by atoms with Crippen LogP contribution in [0.25, 0.3) is 0 Å². The number of nitrogens with zero attached hydrogens (tertiary/aromatic N) is 1. The van der Waals surface area contributed by atoms with Crippen molar-refractivity contribution in [3.8, 4) is 0 Å². The number of amides is 1. The Labute approximate surface area is 126 Å². The molecule has 1 aromatic carbocycles. The molecule has 0 bridgehead atoms. The number of piperidine rings is 1. The van der Waals surface area contributed by atoms with Gasteiger partial charge in [0.2, 0.25) is 0 Å². The number of ether oxygens (including phenoxy) is 1. The van der Waals surface area contributed by atoms with E-state index in [1.807, 2.05) is 0 Å². The van der Waals surface area contributed by atoms with Crippen LogP contribution in [0.3, 0.4) is 0 Å². The number of carbonyl (C=O) groups is 1. The van der Waals surface area contributed by atoms with Crippen LogP contribution in [0.4, 0.5) is 18.0 Å². The van der Waals surface area contributed by atoms with Gasteiger partial charge < -0.3 is 10.1 Å². The monoisotopic (exact) mass is 314 g/mol. The number of hydrogen-bond acceptors (Lipinski definition) is 3. The number of nitrogens with one attached hydrogen (secondary N) is 1. The molecule has 1 unspecified atom stereocenters. The summed E-state index contributed by atoms with van der Waals surface area (Å²) in [5.74, 6) is 0. The fourth-order valence-corrected chi connectivity index (χ4v) is 3.12. The van der Waals surface area contributed by atoms with Crippen LogP contribution in [0, 0.1) is 0 Å². The van der Waals surface area contributed by atoms with E-state index >= 15 is 0 Å². The maximum absolute atomic E-state index is 13.0. The second-order valence-electron chi connectivity index (χ2n) is 5.84. The summed E-state index contributed by atoms with van der Waals surface area (Å²) in [6.07, 6.45) is -3.34. The second-order valence-corrected chi connectivity index (χ2v) is 5.84. The Morgan fingerprint density at radius 3 is 2.77 bits per heavy atom. The van der Waals surface area contributed by atoms with Gasteiger partial charge in [-0.2, -0.15) is 13.2 Å². The number of alkyl halides is 3. The van der Waals surface area contributed by atoms with Crippen molar-refractivity contribution in [2.24, 2.45) is 0 Å². The average Bonchev–Trinajstić information content (AvgIpc) is 2.75. The van der Waals surface area contributed by atoms with E-state index in [9.17, 15) is 18.0 Å². The molecule has 2 saturated heterocycles. The summed E-state index contributed by atoms with van der Waals surface area (Å²) in [6, 6.07) is 5.33. The van der Waals surface area contributed by atoms with Gasteiger partial charge in [0, 0.05) is 13.1 Å². The summed E-state index contributed by atoms with van der Waals surface area (Å²) in [7, 11) is 0. The van der Waals surface area contributed by atoms with Crippen molar-refractivity contribution < 1.29 is 22.7 Å². The lowest BCUT2D eigenvalue weighted by Gasteiger charge is -2.31. The Balaban J connectivity index is 1.78. The highest BCUT2D eigenvalue weighted by atomic mass is 19.4. The third-order valence-corrected chi connectivity index (χ3v) is 4.16. The van der Waals surface area contributed by atoms with Crippen LogP contribution in [0.5, 0.6) is 0 Å². The molecular formula is C15H17F3N2O2. The highest BCUT2D eigenvalue weighted by molar-refractivity contribution is 5.71. The summed E-state index contributed by atoms with van der Waals surface area (Å²) in [5.41, 5.74) is -1.21. The first kappa shape index (κ1) is 15.1. The fourth-order valence-electron chi connectivity index (χ4n) is 3.12. The quantitative estimate of drug-likeness (QED) is 0.913. The molecule has 2 fully saturated rings. The van der Waals surface area contributed by atoms with Gasteiger partial charge in [-0.05, 0) is 31.0 Å². The highest BCUT2D eigenvalue weighted by Gasteiger charge is 2.46. The molecular weight excluding hydrogens is 297 g/mol. The molecule has 1 amide bonds. The molecule has 2 aliphatic heterocycles. The van der Waals surface area contributed by atoms with Crippen LogP contribution in [-0.2, 0) is 17.5 Å². The van der Waals surface area contributed by atoms with E-state index in [4.69, 9.17) is 4.74 Å². The van der Waals surface area contributed by atoms with Crippen molar-refractivity contribution in [2.45, 2.75) is 31.2 Å². The van der Waals surface area contributed by atoms with Gasteiger partial charge in [-0.15, -0.1) is 0 Å². The third kappa shape index (κ3) is 2.90. The van der Waals surface area contributed by atoms with Crippen molar-refractivity contribution in [3.05, 3.63) is 35.4 Å². The first-order valence-electron chi connectivity index (χ1n) is 7.23. The predicted octanol–water partition coefficient (Wildman–Crippen LogP) is 2.78. The maximum Gasteiger partial charge on any atom is 0.416 e. The first-order valence-corrected chi connectivity index (χ1v) is 7.23. The largest absolute Gasteiger partial charge is 0.440 e. The summed E-state index contributed by atoms with van der Waals surface area (Å²) in [5, 5.41) is 3.17. The third-order valence-electron chi connectivity index (χ3n) is 4.16. The minimum atomic E-state index is -4.43. The average molecular weight is 314 g/mol. The summed E-state index contributed by atoms with van der Waals surface area (Å²) < 4.78 is 44.5. The predicted molar refractivity (Wildman–Crippen MR) is 73.2 cm³/mol. The zero-order chi connectivity index (χ0) is 15.8. The number of rotatable bonds is 2. The van der Waals surface area contributed by atoms with Gasteiger partial charge in [0.15, 0.2) is 0 Å². The van der Waals surface area contributed by atoms with Crippen molar-refractivity contribution >= 4 is 6.09 Å². The minimum Gasteiger partial charge on any atom is -0.440 e. The number of carbonyl (C=O) groups excluding carboxylic acids is 1. The second kappa shape index (κ2) is 5.46. The Morgan fingerprint density at radius 2 is 2.09 bits per heavy atom. The molecule has 120 valence electrons. The Hall–Kier alpha value is -1.76. The lowest BCUT2D eigenvalue weighted by atomic mass is 9.94. The zero-order valence-corrected chi connectivity index (χ0v) is 11.9. The van der Waals surface area contributed by atoms with Crippen molar-refractivity contribution in [3.63, 3.8) is 0 Å². The van der Waals surface area contributed by atoms with Crippen LogP contribution in [0.2, 0.25) is 0 Å². The van der Waals surface area contributed by atoms with E-state index < -0.39 is 23.4 Å². The standard InChI is InChI=1S/C15H17F3N2O2/c16-15(17,18)12-5-2-1-4-11(12)8-20-10-14(22-13(20)21)6-3-7-19-9-14/h1-2,4-5,19H,3,6-10H2. The number of benzene rings is 1. The van der Waals surface area contributed by atoms with E-state index in [2.05, 4.69) is 5.32 Å². The van der Waals surface area contributed by atoms with Crippen molar-refractivity contribution in [2.75, 3.05) is 19.6 Å². The fraction of sp³-hybridized carbons (Fsp3) is 0.533. The molecule has 3 rings (SSSR count). The summed E-state index contributed by atoms with van der Waals surface area (Å²) in [6.45, 7) is 1.66. The molecule has 0 radical (unpaired) electrons. The topological polar surface area (TPSA) is 41.6 Å². The van der Waals surface area contributed by atoms with Gasteiger partial charge in [-0.1, -0.05) is 18.2 Å². The molecule has 1 aromatic rings. The molecule has 1 spiro atoms. The van der Waals surface area contributed by atoms with Gasteiger partial charge in [0.25, 0.3) is 0 Å². The van der Waals surface area contributed by atoms with Gasteiger partial charge in [0.05, 0.1) is 12.1 Å². The summed E-state index contributed by atoms with van der Waals surface area (Å²) >= 11 is 0. The van der Waals surface area contributed by atoms with Crippen molar-refractivity contribution in [1.29, 1.82) is 0 Å². The first-order chi connectivity index (χ1) is 10.4. The molecule has 1 atom stereocenters. The normalized spacial score (nSPS) is 25.6. The van der Waals surface area contributed by atoms with Gasteiger partial charge in [-0.25, -0.2) is 4.79 Å².